The first-order valence-corrected chi connectivity index (χ1v) is 18.6. The van der Waals surface area contributed by atoms with Gasteiger partial charge < -0.3 is 0 Å². The quantitative estimate of drug-likeness (QED) is 0.0591. The summed E-state index contributed by atoms with van der Waals surface area (Å²) < 4.78 is 1.73. The van der Waals surface area contributed by atoms with Crippen molar-refractivity contribution in [1.82, 2.24) is 8.97 Å². The monoisotopic (exact) mass is 607 g/mol. The zero-order chi connectivity index (χ0) is 32.1. The van der Waals surface area contributed by atoms with Gasteiger partial charge >= 0.3 is 0 Å². The maximum absolute atomic E-state index is 13.3. The van der Waals surface area contributed by atoms with E-state index in [2.05, 4.69) is 66.3 Å². The molecule has 0 saturated carbocycles. The summed E-state index contributed by atoms with van der Waals surface area (Å²) >= 11 is 0. The van der Waals surface area contributed by atoms with Crippen LogP contribution in [-0.2, 0) is 0 Å². The highest BCUT2D eigenvalue weighted by molar-refractivity contribution is 6.09. The Balaban J connectivity index is 1.73. The summed E-state index contributed by atoms with van der Waals surface area (Å²) in [6, 6.07) is 16.7. The van der Waals surface area contributed by atoms with Gasteiger partial charge in [-0.25, -0.2) is 0 Å². The molecule has 0 aliphatic heterocycles. The third-order valence-corrected chi connectivity index (χ3v) is 9.80. The SMILES string of the molecule is CCCCCCCCCCCC[N+](C)(C)c1ccc(C(=O)c2ccc([N+](C)(C)CCCCCCCCCCCC)cc2)cc1. The molecule has 3 nitrogen and oxygen atoms in total. The molecule has 44 heavy (non-hydrogen) atoms. The number of unbranched alkanes of at least 4 members (excludes halogenated alkanes) is 18. The van der Waals surface area contributed by atoms with E-state index in [-0.39, 0.29) is 5.78 Å². The molecule has 2 rings (SSSR count). The normalized spacial score (nSPS) is 12.1. The van der Waals surface area contributed by atoms with Gasteiger partial charge in [-0.1, -0.05) is 117 Å². The Kier molecular flexibility index (Phi) is 18.9. The second kappa shape index (κ2) is 21.7. The van der Waals surface area contributed by atoms with Gasteiger partial charge in [0.05, 0.1) is 41.3 Å². The van der Waals surface area contributed by atoms with Crippen LogP contribution in [0.15, 0.2) is 48.5 Å². The third-order valence-electron chi connectivity index (χ3n) is 9.80. The lowest BCUT2D eigenvalue weighted by Crippen LogP contribution is -2.41. The molecule has 0 radical (unpaired) electrons. The number of rotatable bonds is 26. The highest BCUT2D eigenvalue weighted by Crippen LogP contribution is 2.25. The zero-order valence-corrected chi connectivity index (χ0v) is 30.0. The molecule has 0 heterocycles. The number of hydrogen-bond donors (Lipinski definition) is 0. The van der Waals surface area contributed by atoms with Gasteiger partial charge in [0.1, 0.15) is 11.4 Å². The Labute approximate surface area is 273 Å². The maximum atomic E-state index is 13.3. The molecule has 0 aliphatic rings. The largest absolute Gasteiger partial charge is 0.296 e. The van der Waals surface area contributed by atoms with Gasteiger partial charge in [-0.2, -0.15) is 0 Å². The van der Waals surface area contributed by atoms with Crippen LogP contribution >= 0.6 is 0 Å². The molecule has 0 aliphatic carbocycles. The summed E-state index contributed by atoms with van der Waals surface area (Å²) in [7, 11) is 9.16. The molecule has 2 aromatic rings. The predicted molar refractivity (Wildman–Crippen MR) is 197 cm³/mol. The van der Waals surface area contributed by atoms with Gasteiger partial charge in [-0.3, -0.25) is 13.8 Å². The first-order valence-electron chi connectivity index (χ1n) is 18.6. The van der Waals surface area contributed by atoms with Crippen molar-refractivity contribution in [3.05, 3.63) is 59.7 Å². The number of nitrogens with zero attached hydrogens (tertiary/aromatic N) is 2. The van der Waals surface area contributed by atoms with Crippen LogP contribution in [0.1, 0.15) is 158 Å². The van der Waals surface area contributed by atoms with Gasteiger partial charge in [-0.05, 0) is 74.2 Å². The minimum absolute atomic E-state index is 0.114. The van der Waals surface area contributed by atoms with Crippen molar-refractivity contribution in [1.29, 1.82) is 0 Å². The fraction of sp³-hybridized carbons (Fsp3) is 0.683. The number of benzene rings is 2. The molecule has 248 valence electrons. The lowest BCUT2D eigenvalue weighted by atomic mass is 10.0. The van der Waals surface area contributed by atoms with E-state index in [4.69, 9.17) is 0 Å². The van der Waals surface area contributed by atoms with E-state index in [9.17, 15) is 4.79 Å². The average molecular weight is 607 g/mol. The lowest BCUT2D eigenvalue weighted by molar-refractivity contribution is 0.103. The standard InChI is InChI=1S/C41H70N2O/c1-7-9-11-13-15-17-19-21-23-25-35-42(3,4)39-31-27-37(28-32-39)41(44)38-29-33-40(34-30-38)43(5,6)36-26-24-22-20-18-16-14-12-10-8-2/h27-34H,7-26,35-36H2,1-6H3/q+2. The average Bonchev–Trinajstić information content (AvgIpc) is 3.02. The summed E-state index contributed by atoms with van der Waals surface area (Å²) in [5, 5.41) is 0. The number of carbonyl (C=O) groups excluding carboxylic acids is 1. The van der Waals surface area contributed by atoms with E-state index >= 15 is 0 Å². The van der Waals surface area contributed by atoms with Crippen LogP contribution in [0.2, 0.25) is 0 Å². The summed E-state index contributed by atoms with van der Waals surface area (Å²) in [5.74, 6) is 0.114. The Morgan fingerprint density at radius 3 is 0.932 bits per heavy atom. The maximum Gasteiger partial charge on any atom is 0.193 e. The Morgan fingerprint density at radius 1 is 0.409 bits per heavy atom. The van der Waals surface area contributed by atoms with Crippen molar-refractivity contribution < 1.29 is 4.79 Å². The second-order valence-corrected chi connectivity index (χ2v) is 14.6. The zero-order valence-electron chi connectivity index (χ0n) is 30.0. The molecule has 0 bridgehead atoms. The highest BCUT2D eigenvalue weighted by atomic mass is 16.1. The van der Waals surface area contributed by atoms with E-state index in [0.717, 1.165) is 33.2 Å². The molecule has 0 fully saturated rings. The van der Waals surface area contributed by atoms with Gasteiger partial charge in [-0.15, -0.1) is 0 Å². The number of hydrogen-bond acceptors (Lipinski definition) is 1. The molecular formula is C41H70N2O+2. The fourth-order valence-electron chi connectivity index (χ4n) is 6.45. The van der Waals surface area contributed by atoms with E-state index in [1.165, 1.54) is 140 Å². The molecule has 0 spiro atoms. The van der Waals surface area contributed by atoms with Gasteiger partial charge in [0.2, 0.25) is 0 Å². The topological polar surface area (TPSA) is 17.1 Å². The molecule has 0 saturated heterocycles. The molecule has 0 amide bonds. The molecule has 2 aromatic carbocycles. The highest BCUT2D eigenvalue weighted by Gasteiger charge is 2.21. The lowest BCUT2D eigenvalue weighted by Gasteiger charge is -2.29. The van der Waals surface area contributed by atoms with Crippen molar-refractivity contribution in [2.45, 2.75) is 142 Å². The van der Waals surface area contributed by atoms with Gasteiger partial charge in [0, 0.05) is 11.1 Å². The minimum atomic E-state index is 0.114. The van der Waals surface area contributed by atoms with Crippen molar-refractivity contribution >= 4 is 17.2 Å². The minimum Gasteiger partial charge on any atom is -0.296 e. The van der Waals surface area contributed by atoms with Crippen LogP contribution in [0.4, 0.5) is 11.4 Å². The Bertz CT molecular complexity index is 924. The second-order valence-electron chi connectivity index (χ2n) is 14.6. The number of ketones is 1. The molecule has 0 aromatic heterocycles. The van der Waals surface area contributed by atoms with Crippen LogP contribution in [-0.4, -0.2) is 47.1 Å². The van der Waals surface area contributed by atoms with E-state index in [0.29, 0.717) is 0 Å². The van der Waals surface area contributed by atoms with Gasteiger partial charge in [0.15, 0.2) is 5.78 Å². The smallest absolute Gasteiger partial charge is 0.193 e. The van der Waals surface area contributed by atoms with Crippen molar-refractivity contribution in [3.63, 3.8) is 0 Å². The third kappa shape index (κ3) is 14.9. The molecule has 3 heteroatoms. The van der Waals surface area contributed by atoms with Crippen LogP contribution in [0.3, 0.4) is 0 Å². The van der Waals surface area contributed by atoms with Crippen LogP contribution in [0.5, 0.6) is 0 Å². The first-order chi connectivity index (χ1) is 21.2. The van der Waals surface area contributed by atoms with E-state index in [1.807, 2.05) is 24.3 Å². The van der Waals surface area contributed by atoms with Crippen LogP contribution in [0.25, 0.3) is 0 Å². The van der Waals surface area contributed by atoms with Crippen molar-refractivity contribution in [3.8, 4) is 0 Å². The van der Waals surface area contributed by atoms with Crippen LogP contribution < -0.4 is 8.97 Å². The molecule has 0 unspecified atom stereocenters. The molecule has 0 N–H and O–H groups in total. The van der Waals surface area contributed by atoms with Gasteiger partial charge in [0.25, 0.3) is 0 Å². The molecule has 0 atom stereocenters. The molecular weight excluding hydrogens is 536 g/mol. The summed E-state index contributed by atoms with van der Waals surface area (Å²) in [6.07, 6.45) is 27.3. The predicted octanol–water partition coefficient (Wildman–Crippen LogP) is 11.9. The number of quaternary nitrogens is 2. The summed E-state index contributed by atoms with van der Waals surface area (Å²) in [4.78, 5) is 13.3. The number of carbonyl (C=O) groups is 1. The fourth-order valence-corrected chi connectivity index (χ4v) is 6.45. The Morgan fingerprint density at radius 2 is 0.659 bits per heavy atom. The van der Waals surface area contributed by atoms with Crippen molar-refractivity contribution in [2.75, 3.05) is 41.3 Å². The van der Waals surface area contributed by atoms with Crippen LogP contribution in [0, 0.1) is 0 Å². The van der Waals surface area contributed by atoms with Crippen molar-refractivity contribution in [2.24, 2.45) is 0 Å². The van der Waals surface area contributed by atoms with E-state index < -0.39 is 0 Å². The Hall–Kier alpha value is -1.97. The summed E-state index contributed by atoms with van der Waals surface area (Å²) in [5.41, 5.74) is 4.11. The summed E-state index contributed by atoms with van der Waals surface area (Å²) in [6.45, 7) is 6.84. The first kappa shape index (κ1) is 38.2. The van der Waals surface area contributed by atoms with E-state index in [1.54, 1.807) is 0 Å².